The van der Waals surface area contributed by atoms with Crippen LogP contribution in [-0.2, 0) is 16.5 Å². The highest BCUT2D eigenvalue weighted by Crippen LogP contribution is 2.29. The molecule has 0 bridgehead atoms. The fraction of sp³-hybridized carbons (Fsp3) is 0.583. The number of nitrogens with zero attached hydrogens (tertiary/aromatic N) is 1. The zero-order valence-electron chi connectivity index (χ0n) is 11.2. The van der Waals surface area contributed by atoms with Crippen molar-refractivity contribution >= 4 is 26.9 Å². The van der Waals surface area contributed by atoms with Crippen LogP contribution >= 0.6 is 15.9 Å². The highest BCUT2D eigenvalue weighted by molar-refractivity contribution is 9.10. The van der Waals surface area contributed by atoms with Crippen LogP contribution in [0.3, 0.4) is 0 Å². The molecule has 0 fully saturated rings. The van der Waals surface area contributed by atoms with Crippen LogP contribution in [0.2, 0.25) is 0 Å². The summed E-state index contributed by atoms with van der Waals surface area (Å²) in [6.45, 7) is 6.46. The quantitative estimate of drug-likeness (QED) is 0.900. The predicted octanol–water partition coefficient (Wildman–Crippen LogP) is 3.38. The van der Waals surface area contributed by atoms with Crippen LogP contribution in [0.25, 0.3) is 0 Å². The number of hydrogen-bond donors (Lipinski definition) is 1. The number of aromatic nitrogens is 1. The van der Waals surface area contributed by atoms with Gasteiger partial charge in [-0.2, -0.15) is 0 Å². The van der Waals surface area contributed by atoms with Gasteiger partial charge in [0.1, 0.15) is 5.54 Å². The molecule has 0 saturated heterocycles. The lowest BCUT2D eigenvalue weighted by Gasteiger charge is -2.32. The van der Waals surface area contributed by atoms with Gasteiger partial charge in [-0.15, -0.1) is 0 Å². The zero-order valence-corrected chi connectivity index (χ0v) is 13.6. The summed E-state index contributed by atoms with van der Waals surface area (Å²) in [5.41, 5.74) is -1.60. The number of pyridine rings is 1. The van der Waals surface area contributed by atoms with E-state index in [4.69, 9.17) is 0 Å². The van der Waals surface area contributed by atoms with Crippen molar-refractivity contribution in [1.29, 1.82) is 0 Å². The van der Waals surface area contributed by atoms with E-state index >= 15 is 0 Å². The van der Waals surface area contributed by atoms with E-state index in [9.17, 15) is 13.0 Å². The van der Waals surface area contributed by atoms with E-state index in [-0.39, 0.29) is 5.69 Å². The summed E-state index contributed by atoms with van der Waals surface area (Å²) < 4.78 is 41.4. The SMILES string of the molecule is CC(NS(=O)C(C)(C)C)(c1ccc(Br)cn1)C(F)F. The molecule has 0 radical (unpaired) electrons. The molecule has 0 spiro atoms. The molecular formula is C12H17BrF2N2OS. The Morgan fingerprint density at radius 1 is 1.32 bits per heavy atom. The van der Waals surface area contributed by atoms with E-state index in [2.05, 4.69) is 25.6 Å². The third-order valence-corrected chi connectivity index (χ3v) is 4.75. The monoisotopic (exact) mass is 354 g/mol. The van der Waals surface area contributed by atoms with Gasteiger partial charge in [0.15, 0.2) is 0 Å². The maximum atomic E-state index is 13.4. The van der Waals surface area contributed by atoms with E-state index in [0.717, 1.165) is 0 Å². The molecule has 1 aromatic heterocycles. The third-order valence-electron chi connectivity index (χ3n) is 2.56. The first kappa shape index (κ1) is 16.7. The number of alkyl halides is 2. The van der Waals surface area contributed by atoms with Crippen molar-refractivity contribution in [2.24, 2.45) is 0 Å². The van der Waals surface area contributed by atoms with Crippen LogP contribution in [0, 0.1) is 0 Å². The van der Waals surface area contributed by atoms with Crippen molar-refractivity contribution in [3.05, 3.63) is 28.5 Å². The Kier molecular flexibility index (Phi) is 5.20. The second-order valence-corrected chi connectivity index (χ2v) is 8.23. The van der Waals surface area contributed by atoms with Gasteiger partial charge in [0.2, 0.25) is 0 Å². The molecule has 108 valence electrons. The third kappa shape index (κ3) is 4.03. The second kappa shape index (κ2) is 5.93. The van der Waals surface area contributed by atoms with Gasteiger partial charge in [-0.25, -0.2) is 17.7 Å². The molecule has 1 N–H and O–H groups in total. The van der Waals surface area contributed by atoms with E-state index in [1.54, 1.807) is 26.8 Å². The maximum Gasteiger partial charge on any atom is 0.262 e. The Balaban J connectivity index is 3.11. The van der Waals surface area contributed by atoms with Gasteiger partial charge >= 0.3 is 0 Å². The summed E-state index contributed by atoms with van der Waals surface area (Å²) in [6, 6.07) is 3.12. The van der Waals surface area contributed by atoms with Crippen molar-refractivity contribution in [3.8, 4) is 0 Å². The van der Waals surface area contributed by atoms with E-state index in [0.29, 0.717) is 4.47 Å². The summed E-state index contributed by atoms with van der Waals surface area (Å²) in [4.78, 5) is 3.98. The summed E-state index contributed by atoms with van der Waals surface area (Å²) in [5.74, 6) is 0. The normalized spacial score (nSPS) is 17.3. The summed E-state index contributed by atoms with van der Waals surface area (Å²) >= 11 is 3.20. The van der Waals surface area contributed by atoms with Crippen LogP contribution in [0.5, 0.6) is 0 Å². The topological polar surface area (TPSA) is 42.0 Å². The lowest BCUT2D eigenvalue weighted by Crippen LogP contribution is -2.51. The Morgan fingerprint density at radius 3 is 2.26 bits per heavy atom. The fourth-order valence-electron chi connectivity index (χ4n) is 1.24. The van der Waals surface area contributed by atoms with Gasteiger partial charge in [0.05, 0.1) is 21.4 Å². The minimum absolute atomic E-state index is 0.156. The average Bonchev–Trinajstić information content (AvgIpc) is 2.28. The molecule has 0 aliphatic rings. The standard InChI is InChI=1S/C12H17BrF2N2OS/c1-11(2,3)19(18)17-12(4,10(14)15)9-6-5-8(13)7-16-9/h5-7,10,17H,1-4H3. The van der Waals surface area contributed by atoms with Crippen molar-refractivity contribution < 1.29 is 13.0 Å². The van der Waals surface area contributed by atoms with E-state index in [1.165, 1.54) is 19.2 Å². The number of nitrogens with one attached hydrogen (secondary N) is 1. The molecule has 0 amide bonds. The first-order valence-corrected chi connectivity index (χ1v) is 7.61. The summed E-state index contributed by atoms with van der Waals surface area (Å²) in [6.07, 6.45) is -1.29. The Labute approximate surface area is 122 Å². The van der Waals surface area contributed by atoms with Gasteiger partial charge in [0.25, 0.3) is 6.43 Å². The van der Waals surface area contributed by atoms with Crippen molar-refractivity contribution in [2.75, 3.05) is 0 Å². The number of halogens is 3. The summed E-state index contributed by atoms with van der Waals surface area (Å²) in [7, 11) is -1.61. The molecular weight excluding hydrogens is 338 g/mol. The predicted molar refractivity (Wildman–Crippen MR) is 76.3 cm³/mol. The largest absolute Gasteiger partial charge is 0.262 e. The van der Waals surface area contributed by atoms with Crippen LogP contribution < -0.4 is 4.72 Å². The molecule has 1 rings (SSSR count). The van der Waals surface area contributed by atoms with Crippen LogP contribution in [0.1, 0.15) is 33.4 Å². The van der Waals surface area contributed by atoms with Crippen LogP contribution in [0.15, 0.2) is 22.8 Å². The molecule has 7 heteroatoms. The van der Waals surface area contributed by atoms with E-state index < -0.39 is 27.7 Å². The molecule has 2 atom stereocenters. The second-order valence-electron chi connectivity index (χ2n) is 5.35. The van der Waals surface area contributed by atoms with E-state index in [1.807, 2.05) is 0 Å². The fourth-order valence-corrected chi connectivity index (χ4v) is 2.36. The molecule has 1 heterocycles. The zero-order chi connectivity index (χ0) is 14.8. The van der Waals surface area contributed by atoms with Crippen LogP contribution in [0.4, 0.5) is 8.78 Å². The minimum atomic E-state index is -2.73. The Morgan fingerprint density at radius 2 is 1.89 bits per heavy atom. The summed E-state index contributed by atoms with van der Waals surface area (Å²) in [5, 5.41) is 0. The first-order valence-electron chi connectivity index (χ1n) is 5.67. The molecule has 0 aliphatic heterocycles. The van der Waals surface area contributed by atoms with Gasteiger partial charge in [0, 0.05) is 10.7 Å². The number of hydrogen-bond acceptors (Lipinski definition) is 2. The lowest BCUT2D eigenvalue weighted by molar-refractivity contribution is 0.0505. The van der Waals surface area contributed by atoms with Crippen molar-refractivity contribution in [2.45, 2.75) is 44.4 Å². The highest BCUT2D eigenvalue weighted by Gasteiger charge is 2.41. The average molecular weight is 355 g/mol. The Hall–Kier alpha value is -0.400. The lowest BCUT2D eigenvalue weighted by atomic mass is 9.99. The Bertz CT molecular complexity index is 462. The molecule has 2 unspecified atom stereocenters. The highest BCUT2D eigenvalue weighted by atomic mass is 79.9. The molecule has 1 aromatic rings. The first-order chi connectivity index (χ1) is 8.57. The van der Waals surface area contributed by atoms with Gasteiger partial charge in [-0.3, -0.25) is 4.98 Å². The minimum Gasteiger partial charge on any atom is -0.258 e. The molecule has 0 aromatic carbocycles. The molecule has 0 saturated carbocycles. The molecule has 3 nitrogen and oxygen atoms in total. The van der Waals surface area contributed by atoms with Gasteiger partial charge < -0.3 is 0 Å². The molecule has 19 heavy (non-hydrogen) atoms. The van der Waals surface area contributed by atoms with Gasteiger partial charge in [-0.05, 0) is 55.8 Å². The van der Waals surface area contributed by atoms with Crippen LogP contribution in [-0.4, -0.2) is 20.4 Å². The van der Waals surface area contributed by atoms with Gasteiger partial charge in [-0.1, -0.05) is 0 Å². The smallest absolute Gasteiger partial charge is 0.258 e. The van der Waals surface area contributed by atoms with Crippen molar-refractivity contribution in [3.63, 3.8) is 0 Å². The number of rotatable bonds is 4. The van der Waals surface area contributed by atoms with Crippen molar-refractivity contribution in [1.82, 2.24) is 9.71 Å². The maximum absolute atomic E-state index is 13.4. The molecule has 0 aliphatic carbocycles.